The number of hydrogen-bond acceptors (Lipinski definition) is 4. The SMILES string of the molecule is CNCC1CCN(C(=O)C2CCCCN2S(=O)(=O)c2ccccc2)C1.Cl. The third-order valence-corrected chi connectivity index (χ3v) is 7.10. The van der Waals surface area contributed by atoms with Gasteiger partial charge in [-0.15, -0.1) is 12.4 Å². The van der Waals surface area contributed by atoms with E-state index < -0.39 is 16.1 Å². The molecule has 146 valence electrons. The van der Waals surface area contributed by atoms with E-state index >= 15 is 0 Å². The molecule has 2 aliphatic rings. The van der Waals surface area contributed by atoms with Crippen LogP contribution in [-0.4, -0.2) is 62.8 Å². The Balaban J connectivity index is 0.00000243. The molecule has 6 nitrogen and oxygen atoms in total. The first kappa shape index (κ1) is 21.2. The second kappa shape index (κ2) is 9.17. The van der Waals surface area contributed by atoms with E-state index in [9.17, 15) is 13.2 Å². The fraction of sp³-hybridized carbons (Fsp3) is 0.611. The molecule has 8 heteroatoms. The van der Waals surface area contributed by atoms with Gasteiger partial charge in [-0.25, -0.2) is 8.42 Å². The molecule has 0 saturated carbocycles. The Morgan fingerprint density at radius 2 is 1.88 bits per heavy atom. The summed E-state index contributed by atoms with van der Waals surface area (Å²) in [4.78, 5) is 15.2. The topological polar surface area (TPSA) is 69.7 Å². The molecule has 2 atom stereocenters. The highest BCUT2D eigenvalue weighted by atomic mass is 35.5. The van der Waals surface area contributed by atoms with Gasteiger partial charge in [0.15, 0.2) is 0 Å². The van der Waals surface area contributed by atoms with Gasteiger partial charge in [-0.3, -0.25) is 4.79 Å². The normalized spacial score (nSPS) is 24.3. The molecule has 26 heavy (non-hydrogen) atoms. The Labute approximate surface area is 162 Å². The molecule has 1 N–H and O–H groups in total. The average molecular weight is 402 g/mol. The van der Waals surface area contributed by atoms with E-state index in [4.69, 9.17) is 0 Å². The lowest BCUT2D eigenvalue weighted by molar-refractivity contribution is -0.135. The van der Waals surface area contributed by atoms with Crippen LogP contribution < -0.4 is 5.32 Å². The maximum atomic E-state index is 13.0. The quantitative estimate of drug-likeness (QED) is 0.815. The Kier molecular flexibility index (Phi) is 7.46. The summed E-state index contributed by atoms with van der Waals surface area (Å²) in [5, 5.41) is 3.16. The maximum absolute atomic E-state index is 13.0. The van der Waals surface area contributed by atoms with Crippen molar-refractivity contribution < 1.29 is 13.2 Å². The minimum absolute atomic E-state index is 0. The van der Waals surface area contributed by atoms with E-state index in [1.807, 2.05) is 11.9 Å². The summed E-state index contributed by atoms with van der Waals surface area (Å²) in [6, 6.07) is 7.87. The van der Waals surface area contributed by atoms with Gasteiger partial charge < -0.3 is 10.2 Å². The van der Waals surface area contributed by atoms with Crippen LogP contribution in [0.3, 0.4) is 0 Å². The van der Waals surface area contributed by atoms with Crippen LogP contribution in [0.25, 0.3) is 0 Å². The molecule has 0 aromatic heterocycles. The van der Waals surface area contributed by atoms with Crippen molar-refractivity contribution in [3.8, 4) is 0 Å². The van der Waals surface area contributed by atoms with E-state index in [1.54, 1.807) is 30.3 Å². The van der Waals surface area contributed by atoms with Crippen LogP contribution in [0.5, 0.6) is 0 Å². The number of likely N-dealkylation sites (tertiary alicyclic amines) is 1. The molecule has 1 amide bonds. The first-order valence-corrected chi connectivity index (χ1v) is 10.5. The summed E-state index contributed by atoms with van der Waals surface area (Å²) in [7, 11) is -1.72. The number of rotatable bonds is 5. The van der Waals surface area contributed by atoms with Gasteiger partial charge in [0.1, 0.15) is 6.04 Å². The lowest BCUT2D eigenvalue weighted by Crippen LogP contribution is -2.52. The van der Waals surface area contributed by atoms with Gasteiger partial charge in [0.05, 0.1) is 4.90 Å². The number of nitrogens with zero attached hydrogens (tertiary/aromatic N) is 2. The van der Waals surface area contributed by atoms with Crippen LogP contribution in [0, 0.1) is 5.92 Å². The highest BCUT2D eigenvalue weighted by Gasteiger charge is 2.40. The summed E-state index contributed by atoms with van der Waals surface area (Å²) in [5.74, 6) is 0.425. The molecule has 3 rings (SSSR count). The van der Waals surface area contributed by atoms with Crippen molar-refractivity contribution in [2.24, 2.45) is 5.92 Å². The molecule has 2 unspecified atom stereocenters. The molecule has 1 aromatic rings. The molecule has 0 spiro atoms. The first-order chi connectivity index (χ1) is 12.0. The van der Waals surface area contributed by atoms with E-state index in [2.05, 4.69) is 5.32 Å². The van der Waals surface area contributed by atoms with E-state index in [0.29, 0.717) is 18.9 Å². The minimum Gasteiger partial charge on any atom is -0.341 e. The fourth-order valence-electron chi connectivity index (χ4n) is 3.87. The third-order valence-electron chi connectivity index (χ3n) is 5.18. The van der Waals surface area contributed by atoms with E-state index in [1.165, 1.54) is 4.31 Å². The van der Waals surface area contributed by atoms with Gasteiger partial charge in [0.25, 0.3) is 0 Å². The monoisotopic (exact) mass is 401 g/mol. The van der Waals surface area contributed by atoms with Crippen LogP contribution >= 0.6 is 12.4 Å². The van der Waals surface area contributed by atoms with Crippen LogP contribution in [0.4, 0.5) is 0 Å². The zero-order chi connectivity index (χ0) is 17.9. The standard InChI is InChI=1S/C18H27N3O3S.ClH/c1-19-13-15-10-12-20(14-15)18(22)17-9-5-6-11-21(17)25(23,24)16-7-3-2-4-8-16;/h2-4,7-8,15,17,19H,5-6,9-14H2,1H3;1H. The Morgan fingerprint density at radius 1 is 1.15 bits per heavy atom. The lowest BCUT2D eigenvalue weighted by atomic mass is 10.0. The van der Waals surface area contributed by atoms with Crippen LogP contribution in [0.2, 0.25) is 0 Å². The molecular weight excluding hydrogens is 374 g/mol. The Morgan fingerprint density at radius 3 is 2.58 bits per heavy atom. The number of halogens is 1. The number of sulfonamides is 1. The van der Waals surface area contributed by atoms with Crippen molar-refractivity contribution in [3.63, 3.8) is 0 Å². The number of nitrogens with one attached hydrogen (secondary N) is 1. The van der Waals surface area contributed by atoms with Gasteiger partial charge in [-0.1, -0.05) is 24.6 Å². The third kappa shape index (κ3) is 4.39. The van der Waals surface area contributed by atoms with E-state index in [0.717, 1.165) is 38.9 Å². The molecule has 2 saturated heterocycles. The summed E-state index contributed by atoms with van der Waals surface area (Å²) in [6.45, 7) is 2.75. The van der Waals surface area contributed by atoms with Crippen molar-refractivity contribution in [3.05, 3.63) is 30.3 Å². The minimum atomic E-state index is -3.64. The van der Waals surface area contributed by atoms with Crippen molar-refractivity contribution in [2.45, 2.75) is 36.6 Å². The summed E-state index contributed by atoms with van der Waals surface area (Å²) in [5.41, 5.74) is 0. The number of carbonyl (C=O) groups is 1. The molecule has 0 radical (unpaired) electrons. The van der Waals surface area contributed by atoms with Gasteiger partial charge >= 0.3 is 0 Å². The molecule has 2 heterocycles. The Hall–Kier alpha value is -1.15. The van der Waals surface area contributed by atoms with Gasteiger partial charge in [-0.2, -0.15) is 4.31 Å². The molecule has 2 aliphatic heterocycles. The molecular formula is C18H28ClN3O3S. The van der Waals surface area contributed by atoms with Crippen LogP contribution in [0.1, 0.15) is 25.7 Å². The van der Waals surface area contributed by atoms with Crippen molar-refractivity contribution in [1.82, 2.24) is 14.5 Å². The number of carbonyl (C=O) groups excluding carboxylic acids is 1. The summed E-state index contributed by atoms with van der Waals surface area (Å²) >= 11 is 0. The highest BCUT2D eigenvalue weighted by Crippen LogP contribution is 2.28. The first-order valence-electron chi connectivity index (χ1n) is 9.04. The maximum Gasteiger partial charge on any atom is 0.243 e. The smallest absolute Gasteiger partial charge is 0.243 e. The molecule has 0 bridgehead atoms. The van der Waals surface area contributed by atoms with Crippen molar-refractivity contribution >= 4 is 28.3 Å². The lowest BCUT2D eigenvalue weighted by Gasteiger charge is -2.35. The van der Waals surface area contributed by atoms with Gasteiger partial charge in [-0.05, 0) is 50.9 Å². The van der Waals surface area contributed by atoms with Crippen molar-refractivity contribution in [1.29, 1.82) is 0 Å². The fourth-order valence-corrected chi connectivity index (χ4v) is 5.54. The van der Waals surface area contributed by atoms with Crippen LogP contribution in [0.15, 0.2) is 35.2 Å². The van der Waals surface area contributed by atoms with E-state index in [-0.39, 0.29) is 23.2 Å². The second-order valence-electron chi connectivity index (χ2n) is 6.94. The largest absolute Gasteiger partial charge is 0.341 e. The number of hydrogen-bond donors (Lipinski definition) is 1. The number of amides is 1. The van der Waals surface area contributed by atoms with Gasteiger partial charge in [0, 0.05) is 19.6 Å². The summed E-state index contributed by atoms with van der Waals surface area (Å²) < 4.78 is 27.5. The zero-order valence-electron chi connectivity index (χ0n) is 15.1. The summed E-state index contributed by atoms with van der Waals surface area (Å²) in [6.07, 6.45) is 3.28. The zero-order valence-corrected chi connectivity index (χ0v) is 16.8. The van der Waals surface area contributed by atoms with Crippen molar-refractivity contribution in [2.75, 3.05) is 33.2 Å². The van der Waals surface area contributed by atoms with Gasteiger partial charge in [0.2, 0.25) is 15.9 Å². The molecule has 0 aliphatic carbocycles. The highest BCUT2D eigenvalue weighted by molar-refractivity contribution is 7.89. The Bertz CT molecular complexity index is 699. The number of benzene rings is 1. The predicted octanol–water partition coefficient (Wildman–Crippen LogP) is 1.72. The molecule has 2 fully saturated rings. The second-order valence-corrected chi connectivity index (χ2v) is 8.83. The van der Waals surface area contributed by atoms with Crippen LogP contribution in [-0.2, 0) is 14.8 Å². The predicted molar refractivity (Wildman–Crippen MR) is 104 cm³/mol. The number of piperidine rings is 1. The molecule has 1 aromatic carbocycles. The average Bonchev–Trinajstić information content (AvgIpc) is 3.11.